The third-order valence-corrected chi connectivity index (χ3v) is 3.59. The van der Waals surface area contributed by atoms with Gasteiger partial charge in [0, 0.05) is 7.05 Å². The molecule has 19 heavy (non-hydrogen) atoms. The van der Waals surface area contributed by atoms with Gasteiger partial charge in [-0.1, -0.05) is 55.4 Å². The van der Waals surface area contributed by atoms with E-state index >= 15 is 0 Å². The molecule has 1 saturated heterocycles. The summed E-state index contributed by atoms with van der Waals surface area (Å²) in [5, 5.41) is 0. The first-order valence-corrected chi connectivity index (χ1v) is 7.85. The molecular formula is C16H33NO2. The maximum atomic E-state index is 11.7. The average molecular weight is 271 g/mol. The van der Waals surface area contributed by atoms with Gasteiger partial charge in [-0.05, 0) is 18.3 Å². The molecule has 1 aliphatic carbocycles. The summed E-state index contributed by atoms with van der Waals surface area (Å²) in [7, 11) is 1.60. The van der Waals surface area contributed by atoms with E-state index in [1.165, 1.54) is 4.90 Å². The van der Waals surface area contributed by atoms with E-state index in [-0.39, 0.29) is 23.7 Å². The third kappa shape index (κ3) is 4.05. The van der Waals surface area contributed by atoms with Crippen molar-refractivity contribution in [2.24, 2.45) is 23.7 Å². The van der Waals surface area contributed by atoms with Crippen LogP contribution >= 0.6 is 0 Å². The largest absolute Gasteiger partial charge is 0.285 e. The molecule has 3 nitrogen and oxygen atoms in total. The lowest BCUT2D eigenvalue weighted by molar-refractivity contribution is -0.139. The van der Waals surface area contributed by atoms with Crippen molar-refractivity contribution in [3.8, 4) is 0 Å². The first kappa shape index (κ1) is 20.5. The number of carbonyl (C=O) groups excluding carboxylic acids is 2. The molecule has 0 aromatic carbocycles. The smallest absolute Gasteiger partial charge is 0.233 e. The van der Waals surface area contributed by atoms with Gasteiger partial charge in [-0.25, -0.2) is 0 Å². The Bertz CT molecular complexity index is 250. The van der Waals surface area contributed by atoms with Gasteiger partial charge < -0.3 is 0 Å². The van der Waals surface area contributed by atoms with Crippen LogP contribution in [0.25, 0.3) is 0 Å². The number of likely N-dealkylation sites (tertiary alicyclic amines) is 1. The van der Waals surface area contributed by atoms with Crippen molar-refractivity contribution < 1.29 is 9.59 Å². The van der Waals surface area contributed by atoms with Crippen LogP contribution < -0.4 is 0 Å². The second-order valence-electron chi connectivity index (χ2n) is 4.48. The van der Waals surface area contributed by atoms with Gasteiger partial charge >= 0.3 is 0 Å². The molecule has 1 saturated carbocycles. The second kappa shape index (κ2) is 9.99. The van der Waals surface area contributed by atoms with Crippen molar-refractivity contribution in [3.63, 3.8) is 0 Å². The topological polar surface area (TPSA) is 37.4 Å². The molecule has 2 aliphatic rings. The minimum absolute atomic E-state index is 0.0208. The van der Waals surface area contributed by atoms with Crippen LogP contribution in [0.2, 0.25) is 0 Å². The van der Waals surface area contributed by atoms with Gasteiger partial charge in [0.15, 0.2) is 0 Å². The molecule has 0 spiro atoms. The number of imide groups is 1. The number of fused-ring (bicyclic) bond motifs is 1. The van der Waals surface area contributed by atoms with Crippen molar-refractivity contribution in [1.82, 2.24) is 4.90 Å². The molecule has 2 rings (SSSR count). The zero-order chi connectivity index (χ0) is 15.7. The highest BCUT2D eigenvalue weighted by molar-refractivity contribution is 6.05. The van der Waals surface area contributed by atoms with Gasteiger partial charge in [0.05, 0.1) is 11.8 Å². The van der Waals surface area contributed by atoms with Crippen molar-refractivity contribution in [1.29, 1.82) is 0 Å². The molecule has 0 aromatic heterocycles. The van der Waals surface area contributed by atoms with Crippen LogP contribution in [0.15, 0.2) is 0 Å². The highest BCUT2D eigenvalue weighted by atomic mass is 16.2. The zero-order valence-electron chi connectivity index (χ0n) is 14.3. The van der Waals surface area contributed by atoms with Crippen molar-refractivity contribution in [2.45, 2.75) is 61.8 Å². The third-order valence-electron chi connectivity index (χ3n) is 3.59. The van der Waals surface area contributed by atoms with E-state index < -0.39 is 0 Å². The molecule has 4 unspecified atom stereocenters. The van der Waals surface area contributed by atoms with Gasteiger partial charge in [-0.15, -0.1) is 0 Å². The zero-order valence-corrected chi connectivity index (χ0v) is 14.3. The van der Waals surface area contributed by atoms with Crippen LogP contribution in [0.3, 0.4) is 0 Å². The van der Waals surface area contributed by atoms with E-state index in [2.05, 4.69) is 13.8 Å². The Morgan fingerprint density at radius 2 is 1.05 bits per heavy atom. The van der Waals surface area contributed by atoms with E-state index in [1.54, 1.807) is 7.05 Å². The average Bonchev–Trinajstić information content (AvgIpc) is 2.88. The predicted octanol–water partition coefficient (Wildman–Crippen LogP) is 3.97. The lowest BCUT2D eigenvalue weighted by atomic mass is 9.91. The van der Waals surface area contributed by atoms with Crippen molar-refractivity contribution in [2.75, 3.05) is 7.05 Å². The van der Waals surface area contributed by atoms with E-state index in [0.29, 0.717) is 11.8 Å². The lowest BCUT2D eigenvalue weighted by Gasteiger charge is -2.12. The van der Waals surface area contributed by atoms with Crippen LogP contribution in [-0.4, -0.2) is 23.8 Å². The maximum absolute atomic E-state index is 11.7. The van der Waals surface area contributed by atoms with Crippen LogP contribution in [0.4, 0.5) is 0 Å². The van der Waals surface area contributed by atoms with Gasteiger partial charge in [0.1, 0.15) is 0 Å². The van der Waals surface area contributed by atoms with Crippen molar-refractivity contribution >= 4 is 11.8 Å². The Morgan fingerprint density at radius 1 is 0.789 bits per heavy atom. The summed E-state index contributed by atoms with van der Waals surface area (Å²) >= 11 is 0. The Balaban J connectivity index is 0. The fraction of sp³-hybridized carbons (Fsp3) is 0.875. The van der Waals surface area contributed by atoms with E-state index in [1.807, 2.05) is 41.5 Å². The fourth-order valence-electron chi connectivity index (χ4n) is 2.94. The number of hydrogen-bond donors (Lipinski definition) is 0. The molecule has 0 radical (unpaired) electrons. The van der Waals surface area contributed by atoms with Crippen LogP contribution in [0.5, 0.6) is 0 Å². The number of carbonyl (C=O) groups is 2. The summed E-state index contributed by atoms with van der Waals surface area (Å²) in [5.74, 6) is 0.779. The van der Waals surface area contributed by atoms with Gasteiger partial charge in [-0.2, -0.15) is 0 Å². The molecule has 0 aromatic rings. The molecule has 2 amide bonds. The maximum Gasteiger partial charge on any atom is 0.233 e. The van der Waals surface area contributed by atoms with Crippen LogP contribution in [-0.2, 0) is 9.59 Å². The quantitative estimate of drug-likeness (QED) is 0.625. The summed E-state index contributed by atoms with van der Waals surface area (Å²) in [5.41, 5.74) is 0. The Morgan fingerprint density at radius 3 is 1.32 bits per heavy atom. The van der Waals surface area contributed by atoms with E-state index in [0.717, 1.165) is 6.42 Å². The number of hydrogen-bond acceptors (Lipinski definition) is 2. The first-order valence-electron chi connectivity index (χ1n) is 7.85. The molecule has 4 atom stereocenters. The highest BCUT2D eigenvalue weighted by Gasteiger charge is 2.54. The summed E-state index contributed by atoms with van der Waals surface area (Å²) < 4.78 is 0. The lowest BCUT2D eigenvalue weighted by Crippen LogP contribution is -2.28. The fourth-order valence-corrected chi connectivity index (χ4v) is 2.94. The molecule has 1 heterocycles. The summed E-state index contributed by atoms with van der Waals surface area (Å²) in [6.45, 7) is 16.1. The molecule has 0 bridgehead atoms. The number of nitrogens with zero attached hydrogens (tertiary/aromatic N) is 1. The summed E-state index contributed by atoms with van der Waals surface area (Å²) in [6, 6.07) is 0. The Labute approximate surface area is 119 Å². The van der Waals surface area contributed by atoms with E-state index in [9.17, 15) is 9.59 Å². The standard InChI is InChI=1S/C10H15NO2.3C2H6/c1-5-4-6(2)8-7(5)9(12)11(3)10(8)13;3*1-2/h5-8H,4H2,1-3H3;3*1-2H3. The number of amides is 2. The van der Waals surface area contributed by atoms with Crippen molar-refractivity contribution in [3.05, 3.63) is 0 Å². The highest BCUT2D eigenvalue weighted by Crippen LogP contribution is 2.46. The van der Waals surface area contributed by atoms with E-state index in [4.69, 9.17) is 0 Å². The van der Waals surface area contributed by atoms with Crippen LogP contribution in [0, 0.1) is 23.7 Å². The normalized spacial score (nSPS) is 31.3. The summed E-state index contributed by atoms with van der Waals surface area (Å²) in [4.78, 5) is 24.6. The Kier molecular flexibility index (Phi) is 10.8. The molecule has 1 aliphatic heterocycles. The molecular weight excluding hydrogens is 238 g/mol. The molecule has 0 N–H and O–H groups in total. The van der Waals surface area contributed by atoms with Crippen LogP contribution in [0.1, 0.15) is 61.8 Å². The second-order valence-corrected chi connectivity index (χ2v) is 4.48. The molecule has 2 fully saturated rings. The predicted molar refractivity (Wildman–Crippen MR) is 81.7 cm³/mol. The monoisotopic (exact) mass is 271 g/mol. The first-order chi connectivity index (χ1) is 9.04. The van der Waals surface area contributed by atoms with Gasteiger partial charge in [0.2, 0.25) is 11.8 Å². The SMILES string of the molecule is CC.CC.CC.CC1CC(C)C2C(=O)N(C)C(=O)C12. The Hall–Kier alpha value is -0.860. The molecule has 3 heteroatoms. The number of rotatable bonds is 0. The van der Waals surface area contributed by atoms with Gasteiger partial charge in [-0.3, -0.25) is 14.5 Å². The minimum atomic E-state index is -0.0208. The molecule has 114 valence electrons. The minimum Gasteiger partial charge on any atom is -0.285 e. The van der Waals surface area contributed by atoms with Gasteiger partial charge in [0.25, 0.3) is 0 Å². The summed E-state index contributed by atoms with van der Waals surface area (Å²) in [6.07, 6.45) is 1.01.